The number of methoxy groups -OCH3 is 1. The number of rotatable bonds is 1. The summed E-state index contributed by atoms with van der Waals surface area (Å²) in [6, 6.07) is 1.75. The Morgan fingerprint density at radius 1 is 1.78 bits per heavy atom. The lowest BCUT2D eigenvalue weighted by Gasteiger charge is -1.87. The third-order valence-corrected chi connectivity index (χ3v) is 0.516. The summed E-state index contributed by atoms with van der Waals surface area (Å²) in [7, 11) is 1.38. The molecule has 0 spiro atoms. The Bertz CT molecular complexity index is 98.1. The van der Waals surface area contributed by atoms with Crippen molar-refractivity contribution in [3.8, 4) is 6.07 Å². The zero-order valence-electron chi connectivity index (χ0n) is 5.97. The predicted octanol–water partition coefficient (Wildman–Crippen LogP) is 1.10. The van der Waals surface area contributed by atoms with Crippen molar-refractivity contribution in [1.29, 1.82) is 5.26 Å². The maximum absolute atomic E-state index is 9.96. The van der Waals surface area contributed by atoms with Crippen LogP contribution in [0.5, 0.6) is 0 Å². The Kier molecular flexibility index (Phi) is 12.1. The fourth-order valence-corrected chi connectivity index (χ4v) is 0.144. The molecule has 0 amide bonds. The second-order valence-electron chi connectivity index (χ2n) is 1.15. The number of ether oxygens (including phenoxy) is 1. The van der Waals surface area contributed by atoms with Crippen molar-refractivity contribution in [2.45, 2.75) is 20.3 Å². The van der Waals surface area contributed by atoms with Gasteiger partial charge in [0.15, 0.2) is 0 Å². The molecule has 0 aliphatic carbocycles. The lowest BCUT2D eigenvalue weighted by molar-refractivity contribution is -0.140. The predicted molar refractivity (Wildman–Crippen MR) is 33.6 cm³/mol. The monoisotopic (exact) mass is 129 g/mol. The number of carbonyl (C=O) groups is 1. The molecule has 0 atom stereocenters. The van der Waals surface area contributed by atoms with E-state index in [1.54, 1.807) is 13.0 Å². The fraction of sp³-hybridized carbons (Fsp3) is 0.667. The van der Waals surface area contributed by atoms with Crippen LogP contribution < -0.4 is 0 Å². The average Bonchev–Trinajstić information content (AvgIpc) is 1.88. The largest absolute Gasteiger partial charge is 0.469 e. The van der Waals surface area contributed by atoms with E-state index in [-0.39, 0.29) is 5.97 Å². The molecule has 0 aromatic heterocycles. The van der Waals surface area contributed by atoms with Crippen LogP contribution in [0.4, 0.5) is 0 Å². The maximum Gasteiger partial charge on any atom is 0.305 e. The molecule has 0 rings (SSSR count). The number of nitrogens with zero attached hydrogens (tertiary/aromatic N) is 1. The van der Waals surface area contributed by atoms with Crippen LogP contribution >= 0.6 is 0 Å². The molecular weight excluding hydrogens is 118 g/mol. The van der Waals surface area contributed by atoms with Gasteiger partial charge in [-0.05, 0) is 0 Å². The molecule has 0 aromatic carbocycles. The van der Waals surface area contributed by atoms with Crippen molar-refractivity contribution >= 4 is 5.97 Å². The van der Waals surface area contributed by atoms with Crippen molar-refractivity contribution in [2.75, 3.05) is 7.11 Å². The Morgan fingerprint density at radius 3 is 2.11 bits per heavy atom. The van der Waals surface area contributed by atoms with Crippen LogP contribution in [0.3, 0.4) is 0 Å². The molecular formula is C6H11NO2. The smallest absolute Gasteiger partial charge is 0.305 e. The van der Waals surface area contributed by atoms with Gasteiger partial charge in [0.05, 0.1) is 13.2 Å². The van der Waals surface area contributed by atoms with Gasteiger partial charge in [-0.15, -0.1) is 0 Å². The van der Waals surface area contributed by atoms with Crippen molar-refractivity contribution in [3.05, 3.63) is 0 Å². The molecule has 0 aromatic rings. The molecule has 0 heterocycles. The third kappa shape index (κ3) is 19.5. The van der Waals surface area contributed by atoms with E-state index in [4.69, 9.17) is 5.26 Å². The van der Waals surface area contributed by atoms with Gasteiger partial charge in [0.25, 0.3) is 0 Å². The summed E-state index contributed by atoms with van der Waals surface area (Å²) in [6.45, 7) is 3.19. The maximum atomic E-state index is 9.96. The molecule has 0 aliphatic rings. The number of carbonyl (C=O) groups excluding carboxylic acids is 1. The van der Waals surface area contributed by atoms with E-state index in [1.807, 2.05) is 0 Å². The van der Waals surface area contributed by atoms with E-state index in [2.05, 4.69) is 4.74 Å². The molecule has 0 bridgehead atoms. The summed E-state index contributed by atoms with van der Waals surface area (Å²) in [6.07, 6.45) is 0.469. The summed E-state index contributed by atoms with van der Waals surface area (Å²) >= 11 is 0. The molecule has 3 heteroatoms. The van der Waals surface area contributed by atoms with Gasteiger partial charge < -0.3 is 4.74 Å². The van der Waals surface area contributed by atoms with Crippen molar-refractivity contribution in [1.82, 2.24) is 0 Å². The van der Waals surface area contributed by atoms with Gasteiger partial charge in [0, 0.05) is 13.3 Å². The van der Waals surface area contributed by atoms with Crippen molar-refractivity contribution in [2.24, 2.45) is 0 Å². The van der Waals surface area contributed by atoms with Crippen LogP contribution in [-0.4, -0.2) is 13.1 Å². The summed E-state index contributed by atoms with van der Waals surface area (Å²) in [5.74, 6) is -0.157. The van der Waals surface area contributed by atoms with Crippen LogP contribution in [0.1, 0.15) is 20.3 Å². The molecule has 0 fully saturated rings. The minimum Gasteiger partial charge on any atom is -0.469 e. The van der Waals surface area contributed by atoms with Gasteiger partial charge in [0.2, 0.25) is 0 Å². The zero-order chi connectivity index (χ0) is 7.70. The van der Waals surface area contributed by atoms with Gasteiger partial charge in [-0.3, -0.25) is 4.79 Å². The number of esters is 1. The molecule has 52 valence electrons. The first-order valence-corrected chi connectivity index (χ1v) is 2.60. The van der Waals surface area contributed by atoms with Gasteiger partial charge in [0.1, 0.15) is 0 Å². The summed E-state index contributed by atoms with van der Waals surface area (Å²) in [5, 5.41) is 7.32. The van der Waals surface area contributed by atoms with E-state index in [1.165, 1.54) is 14.0 Å². The van der Waals surface area contributed by atoms with E-state index in [0.717, 1.165) is 0 Å². The topological polar surface area (TPSA) is 50.1 Å². The van der Waals surface area contributed by atoms with Crippen LogP contribution in [0.2, 0.25) is 0 Å². The quantitative estimate of drug-likeness (QED) is 0.498. The third-order valence-electron chi connectivity index (χ3n) is 0.516. The molecule has 9 heavy (non-hydrogen) atoms. The number of hydrogen-bond acceptors (Lipinski definition) is 3. The van der Waals surface area contributed by atoms with E-state index >= 15 is 0 Å². The second kappa shape index (κ2) is 10.0. The molecule has 0 radical (unpaired) electrons. The fourth-order valence-electron chi connectivity index (χ4n) is 0.144. The van der Waals surface area contributed by atoms with Gasteiger partial charge >= 0.3 is 5.97 Å². The van der Waals surface area contributed by atoms with Crippen LogP contribution in [-0.2, 0) is 9.53 Å². The Balaban J connectivity index is 0. The highest BCUT2D eigenvalue weighted by molar-refractivity contribution is 5.68. The molecule has 0 N–H and O–H groups in total. The lowest BCUT2D eigenvalue weighted by atomic mass is 10.5. The zero-order valence-corrected chi connectivity index (χ0v) is 5.97. The van der Waals surface area contributed by atoms with Crippen LogP contribution in [0, 0.1) is 11.3 Å². The standard InChI is InChI=1S/C4H8O2.C2H3N/c1-3-4(5)6-2;1-2-3/h3H2,1-2H3;1H3. The van der Waals surface area contributed by atoms with Crippen molar-refractivity contribution in [3.63, 3.8) is 0 Å². The Labute approximate surface area is 55.2 Å². The average molecular weight is 129 g/mol. The summed E-state index contributed by atoms with van der Waals surface area (Å²) in [4.78, 5) is 9.96. The molecule has 0 aliphatic heterocycles. The normalized spacial score (nSPS) is 6.00. The first-order chi connectivity index (χ1) is 4.22. The SMILES string of the molecule is CC#N.CCC(=O)OC. The highest BCUT2D eigenvalue weighted by Gasteiger charge is 1.87. The van der Waals surface area contributed by atoms with Crippen molar-refractivity contribution < 1.29 is 9.53 Å². The highest BCUT2D eigenvalue weighted by Crippen LogP contribution is 1.76. The summed E-state index contributed by atoms with van der Waals surface area (Å²) in [5.41, 5.74) is 0. The lowest BCUT2D eigenvalue weighted by Crippen LogP contribution is -1.94. The summed E-state index contributed by atoms with van der Waals surface area (Å²) < 4.78 is 4.26. The van der Waals surface area contributed by atoms with Gasteiger partial charge in [-0.2, -0.15) is 5.26 Å². The Hall–Kier alpha value is -1.04. The molecule has 3 nitrogen and oxygen atoms in total. The molecule has 0 unspecified atom stereocenters. The minimum absolute atomic E-state index is 0.157. The molecule has 0 saturated heterocycles. The van der Waals surface area contributed by atoms with Crippen LogP contribution in [0.25, 0.3) is 0 Å². The van der Waals surface area contributed by atoms with E-state index < -0.39 is 0 Å². The van der Waals surface area contributed by atoms with E-state index in [9.17, 15) is 4.79 Å². The van der Waals surface area contributed by atoms with Crippen LogP contribution in [0.15, 0.2) is 0 Å². The Morgan fingerprint density at radius 2 is 2.11 bits per heavy atom. The first kappa shape index (κ1) is 10.9. The first-order valence-electron chi connectivity index (χ1n) is 2.60. The highest BCUT2D eigenvalue weighted by atomic mass is 16.5. The number of hydrogen-bond donors (Lipinski definition) is 0. The second-order valence-corrected chi connectivity index (χ2v) is 1.15. The van der Waals surface area contributed by atoms with E-state index in [0.29, 0.717) is 6.42 Å². The number of nitriles is 1. The minimum atomic E-state index is -0.157. The van der Waals surface area contributed by atoms with Gasteiger partial charge in [-0.1, -0.05) is 6.92 Å². The molecule has 0 saturated carbocycles. The van der Waals surface area contributed by atoms with Gasteiger partial charge in [-0.25, -0.2) is 0 Å².